The zero-order valence-corrected chi connectivity index (χ0v) is 9.58. The molecule has 2 unspecified atom stereocenters. The molecule has 1 saturated heterocycles. The first kappa shape index (κ1) is 10.8. The van der Waals surface area contributed by atoms with Crippen LogP contribution in [-0.4, -0.2) is 31.2 Å². The number of likely N-dealkylation sites (tertiary alicyclic amines) is 1. The van der Waals surface area contributed by atoms with E-state index in [1.807, 2.05) is 4.90 Å². The summed E-state index contributed by atoms with van der Waals surface area (Å²) in [5, 5.41) is 0. The minimum Gasteiger partial charge on any atom is -0.453 e. The first-order valence-electron chi connectivity index (χ1n) is 6.12. The molecule has 1 aliphatic carbocycles. The molecule has 0 spiro atoms. The summed E-state index contributed by atoms with van der Waals surface area (Å²) in [6.07, 6.45) is 7.84. The van der Waals surface area contributed by atoms with Gasteiger partial charge in [-0.15, -0.1) is 0 Å². The van der Waals surface area contributed by atoms with E-state index in [0.717, 1.165) is 24.9 Å². The van der Waals surface area contributed by atoms with Crippen molar-refractivity contribution in [3.8, 4) is 0 Å². The molecule has 0 aromatic carbocycles. The van der Waals surface area contributed by atoms with Crippen LogP contribution in [0.25, 0.3) is 0 Å². The average Bonchev–Trinajstić information content (AvgIpc) is 2.25. The van der Waals surface area contributed by atoms with Gasteiger partial charge in [0.2, 0.25) is 0 Å². The summed E-state index contributed by atoms with van der Waals surface area (Å²) >= 11 is 0. The molecule has 1 saturated carbocycles. The number of carbonyl (C=O) groups is 1. The van der Waals surface area contributed by atoms with Crippen molar-refractivity contribution in [1.82, 2.24) is 4.90 Å². The van der Waals surface area contributed by atoms with Gasteiger partial charge in [0.15, 0.2) is 0 Å². The van der Waals surface area contributed by atoms with Crippen molar-refractivity contribution in [1.29, 1.82) is 0 Å². The molecule has 0 aromatic heterocycles. The van der Waals surface area contributed by atoms with Gasteiger partial charge in [-0.05, 0) is 31.1 Å². The summed E-state index contributed by atoms with van der Waals surface area (Å²) in [4.78, 5) is 13.4. The molecule has 0 N–H and O–H groups in total. The Morgan fingerprint density at radius 3 is 2.27 bits per heavy atom. The lowest BCUT2D eigenvalue weighted by atomic mass is 9.81. The Kier molecular flexibility index (Phi) is 3.49. The topological polar surface area (TPSA) is 29.5 Å². The number of nitrogens with zero attached hydrogens (tertiary/aromatic N) is 1. The van der Waals surface area contributed by atoms with Crippen LogP contribution in [0.3, 0.4) is 0 Å². The lowest BCUT2D eigenvalue weighted by Gasteiger charge is -2.38. The number of hydrogen-bond acceptors (Lipinski definition) is 2. The fraction of sp³-hybridized carbons (Fsp3) is 0.917. The Bertz CT molecular complexity index is 216. The second kappa shape index (κ2) is 4.86. The smallest absolute Gasteiger partial charge is 0.409 e. The number of piperidine rings is 1. The monoisotopic (exact) mass is 211 g/mol. The third-order valence-corrected chi connectivity index (χ3v) is 3.78. The van der Waals surface area contributed by atoms with E-state index in [1.165, 1.54) is 45.6 Å². The number of carbonyl (C=O) groups excluding carboxylic acids is 1. The largest absolute Gasteiger partial charge is 0.453 e. The van der Waals surface area contributed by atoms with Crippen molar-refractivity contribution in [2.24, 2.45) is 11.8 Å². The SMILES string of the molecule is COC(=O)N1CC2CCCCCC(C2)C1. The summed E-state index contributed by atoms with van der Waals surface area (Å²) in [5.41, 5.74) is 0. The van der Waals surface area contributed by atoms with Gasteiger partial charge in [-0.1, -0.05) is 19.3 Å². The molecule has 1 aliphatic heterocycles. The van der Waals surface area contributed by atoms with Gasteiger partial charge >= 0.3 is 6.09 Å². The minimum absolute atomic E-state index is 0.134. The number of fused-ring (bicyclic) bond motifs is 2. The molecular formula is C12H21NO2. The van der Waals surface area contributed by atoms with E-state index in [1.54, 1.807) is 0 Å². The van der Waals surface area contributed by atoms with Gasteiger partial charge in [-0.25, -0.2) is 4.79 Å². The highest BCUT2D eigenvalue weighted by molar-refractivity contribution is 5.67. The fourth-order valence-corrected chi connectivity index (χ4v) is 3.06. The zero-order chi connectivity index (χ0) is 10.7. The molecule has 1 amide bonds. The molecule has 2 aliphatic rings. The van der Waals surface area contributed by atoms with E-state index < -0.39 is 0 Å². The van der Waals surface area contributed by atoms with E-state index in [0.29, 0.717) is 0 Å². The number of ether oxygens (including phenoxy) is 1. The van der Waals surface area contributed by atoms with Crippen LogP contribution in [0.5, 0.6) is 0 Å². The first-order chi connectivity index (χ1) is 7.29. The highest BCUT2D eigenvalue weighted by atomic mass is 16.5. The highest BCUT2D eigenvalue weighted by Crippen LogP contribution is 2.32. The van der Waals surface area contributed by atoms with E-state index >= 15 is 0 Å². The second-order valence-electron chi connectivity index (χ2n) is 4.98. The van der Waals surface area contributed by atoms with Crippen molar-refractivity contribution >= 4 is 6.09 Å². The zero-order valence-electron chi connectivity index (χ0n) is 9.58. The quantitative estimate of drug-likeness (QED) is 0.616. The lowest BCUT2D eigenvalue weighted by molar-refractivity contribution is 0.0748. The molecule has 2 atom stereocenters. The van der Waals surface area contributed by atoms with Gasteiger partial charge in [0.1, 0.15) is 0 Å². The van der Waals surface area contributed by atoms with Gasteiger partial charge in [0.05, 0.1) is 7.11 Å². The molecule has 0 radical (unpaired) electrons. The van der Waals surface area contributed by atoms with Gasteiger partial charge in [-0.3, -0.25) is 0 Å². The van der Waals surface area contributed by atoms with Crippen molar-refractivity contribution in [3.63, 3.8) is 0 Å². The minimum atomic E-state index is -0.134. The van der Waals surface area contributed by atoms with Crippen molar-refractivity contribution in [2.75, 3.05) is 20.2 Å². The Balaban J connectivity index is 1.97. The van der Waals surface area contributed by atoms with Crippen LogP contribution < -0.4 is 0 Å². The van der Waals surface area contributed by atoms with Gasteiger partial charge in [-0.2, -0.15) is 0 Å². The van der Waals surface area contributed by atoms with Crippen LogP contribution in [0.1, 0.15) is 38.5 Å². The Morgan fingerprint density at radius 2 is 1.73 bits per heavy atom. The summed E-state index contributed by atoms with van der Waals surface area (Å²) in [7, 11) is 1.48. The molecule has 15 heavy (non-hydrogen) atoms. The maximum atomic E-state index is 11.5. The molecule has 3 heteroatoms. The maximum Gasteiger partial charge on any atom is 0.409 e. The van der Waals surface area contributed by atoms with Crippen LogP contribution in [0.15, 0.2) is 0 Å². The lowest BCUT2D eigenvalue weighted by Crippen LogP contribution is -2.44. The molecule has 1 heterocycles. The number of rotatable bonds is 0. The van der Waals surface area contributed by atoms with E-state index in [2.05, 4.69) is 0 Å². The predicted octanol–water partition coefficient (Wildman–Crippen LogP) is 2.66. The average molecular weight is 211 g/mol. The fourth-order valence-electron chi connectivity index (χ4n) is 3.06. The van der Waals surface area contributed by atoms with Crippen molar-refractivity contribution in [3.05, 3.63) is 0 Å². The van der Waals surface area contributed by atoms with Crippen LogP contribution >= 0.6 is 0 Å². The normalized spacial score (nSPS) is 31.7. The highest BCUT2D eigenvalue weighted by Gasteiger charge is 2.30. The number of hydrogen-bond donors (Lipinski definition) is 0. The Morgan fingerprint density at radius 1 is 1.13 bits per heavy atom. The standard InChI is InChI=1S/C12H21NO2/c1-15-12(14)13-8-10-5-3-2-4-6-11(7-10)9-13/h10-11H,2-9H2,1H3. The molecule has 2 bridgehead atoms. The second-order valence-corrected chi connectivity index (χ2v) is 4.98. The Labute approximate surface area is 91.8 Å². The third-order valence-electron chi connectivity index (χ3n) is 3.78. The third kappa shape index (κ3) is 2.64. The van der Waals surface area contributed by atoms with Crippen molar-refractivity contribution in [2.45, 2.75) is 38.5 Å². The maximum absolute atomic E-state index is 11.5. The molecule has 2 rings (SSSR count). The summed E-state index contributed by atoms with van der Waals surface area (Å²) in [6.45, 7) is 1.84. The van der Waals surface area contributed by atoms with E-state index in [9.17, 15) is 4.79 Å². The summed E-state index contributed by atoms with van der Waals surface area (Å²) < 4.78 is 4.81. The van der Waals surface area contributed by atoms with Crippen molar-refractivity contribution < 1.29 is 9.53 Å². The van der Waals surface area contributed by atoms with E-state index in [-0.39, 0.29) is 6.09 Å². The number of amides is 1. The summed E-state index contributed by atoms with van der Waals surface area (Å²) in [5.74, 6) is 1.45. The molecule has 2 fully saturated rings. The first-order valence-corrected chi connectivity index (χ1v) is 6.12. The van der Waals surface area contributed by atoms with Gasteiger partial charge in [0, 0.05) is 13.1 Å². The molecular weight excluding hydrogens is 190 g/mol. The van der Waals surface area contributed by atoms with Crippen LogP contribution in [-0.2, 0) is 4.74 Å². The molecule has 3 nitrogen and oxygen atoms in total. The summed E-state index contributed by atoms with van der Waals surface area (Å²) in [6, 6.07) is 0. The van der Waals surface area contributed by atoms with Crippen LogP contribution in [0, 0.1) is 11.8 Å². The number of methoxy groups -OCH3 is 1. The molecule has 0 aromatic rings. The molecule has 86 valence electrons. The van der Waals surface area contributed by atoms with Crippen LogP contribution in [0.4, 0.5) is 4.79 Å². The Hall–Kier alpha value is -0.730. The van der Waals surface area contributed by atoms with Gasteiger partial charge < -0.3 is 9.64 Å². The van der Waals surface area contributed by atoms with E-state index in [4.69, 9.17) is 4.74 Å². The van der Waals surface area contributed by atoms with Crippen LogP contribution in [0.2, 0.25) is 0 Å². The van der Waals surface area contributed by atoms with Gasteiger partial charge in [0.25, 0.3) is 0 Å². The predicted molar refractivity (Wildman–Crippen MR) is 58.7 cm³/mol.